The van der Waals surface area contributed by atoms with Crippen LogP contribution in [0.5, 0.6) is 5.75 Å². The Morgan fingerprint density at radius 3 is 2.62 bits per heavy atom. The fourth-order valence-corrected chi connectivity index (χ4v) is 1.47. The van der Waals surface area contributed by atoms with Gasteiger partial charge < -0.3 is 4.74 Å². The van der Waals surface area contributed by atoms with Crippen LogP contribution in [-0.4, -0.2) is 6.61 Å². The molecule has 0 N–H and O–H groups in total. The van der Waals surface area contributed by atoms with E-state index in [2.05, 4.69) is 32.0 Å². The molecule has 1 nitrogen and oxygen atoms in total. The summed E-state index contributed by atoms with van der Waals surface area (Å²) in [5.41, 5.74) is 2.65. The zero-order valence-corrected chi connectivity index (χ0v) is 8.76. The first kappa shape index (κ1) is 10.1. The van der Waals surface area contributed by atoms with E-state index in [1.165, 1.54) is 17.5 Å². The van der Waals surface area contributed by atoms with Gasteiger partial charge in [-0.05, 0) is 31.9 Å². The summed E-state index contributed by atoms with van der Waals surface area (Å²) in [6, 6.07) is 6.39. The predicted molar refractivity (Wildman–Crippen MR) is 56.3 cm³/mol. The van der Waals surface area contributed by atoms with Crippen molar-refractivity contribution in [3.8, 4) is 5.75 Å². The average molecular weight is 178 g/mol. The molecular formula is C12H18O. The molecule has 1 aromatic rings. The first-order chi connectivity index (χ1) is 6.27. The lowest BCUT2D eigenvalue weighted by molar-refractivity contribution is 0.336. The second-order valence-corrected chi connectivity index (χ2v) is 3.29. The van der Waals surface area contributed by atoms with Crippen molar-refractivity contribution in [2.75, 3.05) is 6.61 Å². The fraction of sp³-hybridized carbons (Fsp3) is 0.500. The summed E-state index contributed by atoms with van der Waals surface area (Å²) in [7, 11) is 0. The predicted octanol–water partition coefficient (Wildman–Crippen LogP) is 3.35. The molecule has 0 unspecified atom stereocenters. The lowest BCUT2D eigenvalue weighted by atomic mass is 10.1. The molecule has 1 aromatic carbocycles. The third-order valence-electron chi connectivity index (χ3n) is 2.04. The Bertz CT molecular complexity index is 266. The highest BCUT2D eigenvalue weighted by atomic mass is 16.5. The third-order valence-corrected chi connectivity index (χ3v) is 2.04. The van der Waals surface area contributed by atoms with Crippen molar-refractivity contribution >= 4 is 0 Å². The summed E-state index contributed by atoms with van der Waals surface area (Å²) < 4.78 is 5.54. The summed E-state index contributed by atoms with van der Waals surface area (Å²) in [6.07, 6.45) is 2.28. The van der Waals surface area contributed by atoms with E-state index < -0.39 is 0 Å². The number of hydrogen-bond donors (Lipinski definition) is 0. The number of aryl methyl sites for hydroxylation is 2. The summed E-state index contributed by atoms with van der Waals surface area (Å²) in [4.78, 5) is 0. The van der Waals surface area contributed by atoms with Gasteiger partial charge in [-0.1, -0.05) is 31.0 Å². The van der Waals surface area contributed by atoms with Gasteiger partial charge in [-0.3, -0.25) is 0 Å². The molecule has 0 saturated carbocycles. The lowest BCUT2D eigenvalue weighted by Crippen LogP contribution is -1.96. The molecule has 0 atom stereocenters. The molecule has 13 heavy (non-hydrogen) atoms. The van der Waals surface area contributed by atoms with E-state index in [0.29, 0.717) is 0 Å². The molecule has 0 radical (unpaired) electrons. The normalized spacial score (nSPS) is 10.1. The molecule has 0 aliphatic heterocycles. The van der Waals surface area contributed by atoms with E-state index in [1.54, 1.807) is 0 Å². The average Bonchev–Trinajstić information content (AvgIpc) is 2.10. The zero-order chi connectivity index (χ0) is 9.68. The van der Waals surface area contributed by atoms with Crippen molar-refractivity contribution in [1.82, 2.24) is 0 Å². The van der Waals surface area contributed by atoms with Crippen molar-refractivity contribution in [2.45, 2.75) is 33.6 Å². The van der Waals surface area contributed by atoms with E-state index in [-0.39, 0.29) is 0 Å². The quantitative estimate of drug-likeness (QED) is 0.687. The Morgan fingerprint density at radius 2 is 2.00 bits per heavy atom. The van der Waals surface area contributed by atoms with Crippen LogP contribution in [0.25, 0.3) is 0 Å². The maximum absolute atomic E-state index is 5.54. The first-order valence-corrected chi connectivity index (χ1v) is 5.00. The second kappa shape index (κ2) is 4.90. The Morgan fingerprint density at radius 1 is 1.23 bits per heavy atom. The largest absolute Gasteiger partial charge is 0.494 e. The van der Waals surface area contributed by atoms with Crippen LogP contribution in [0, 0.1) is 6.92 Å². The maximum atomic E-state index is 5.54. The number of hydrogen-bond acceptors (Lipinski definition) is 1. The van der Waals surface area contributed by atoms with E-state index in [0.717, 1.165) is 18.8 Å². The van der Waals surface area contributed by atoms with Gasteiger partial charge in [-0.25, -0.2) is 0 Å². The van der Waals surface area contributed by atoms with Crippen molar-refractivity contribution < 1.29 is 4.74 Å². The van der Waals surface area contributed by atoms with Crippen LogP contribution < -0.4 is 4.74 Å². The molecule has 0 heterocycles. The molecule has 1 heteroatoms. The van der Waals surface area contributed by atoms with E-state index >= 15 is 0 Å². The van der Waals surface area contributed by atoms with Gasteiger partial charge in [-0.15, -0.1) is 0 Å². The SMILES string of the molecule is CCCc1cc(C)ccc1OCC. The van der Waals surface area contributed by atoms with Gasteiger partial charge in [0.1, 0.15) is 5.75 Å². The second-order valence-electron chi connectivity index (χ2n) is 3.29. The first-order valence-electron chi connectivity index (χ1n) is 5.00. The van der Waals surface area contributed by atoms with Crippen LogP contribution >= 0.6 is 0 Å². The molecule has 0 aliphatic rings. The molecular weight excluding hydrogens is 160 g/mol. The highest BCUT2D eigenvalue weighted by molar-refractivity contribution is 5.36. The van der Waals surface area contributed by atoms with Crippen molar-refractivity contribution in [3.63, 3.8) is 0 Å². The lowest BCUT2D eigenvalue weighted by Gasteiger charge is -2.09. The van der Waals surface area contributed by atoms with Crippen LogP contribution in [-0.2, 0) is 6.42 Å². The van der Waals surface area contributed by atoms with Gasteiger partial charge in [0.15, 0.2) is 0 Å². The highest BCUT2D eigenvalue weighted by Gasteiger charge is 2.01. The monoisotopic (exact) mass is 178 g/mol. The Kier molecular flexibility index (Phi) is 3.81. The Hall–Kier alpha value is -0.980. The summed E-state index contributed by atoms with van der Waals surface area (Å²) >= 11 is 0. The number of ether oxygens (including phenoxy) is 1. The topological polar surface area (TPSA) is 9.23 Å². The van der Waals surface area contributed by atoms with Crippen LogP contribution in [0.1, 0.15) is 31.4 Å². The van der Waals surface area contributed by atoms with Gasteiger partial charge in [0.05, 0.1) is 6.61 Å². The summed E-state index contributed by atoms with van der Waals surface area (Å²) in [5.74, 6) is 1.05. The zero-order valence-electron chi connectivity index (χ0n) is 8.76. The molecule has 0 aliphatic carbocycles. The van der Waals surface area contributed by atoms with Gasteiger partial charge >= 0.3 is 0 Å². The summed E-state index contributed by atoms with van der Waals surface area (Å²) in [5, 5.41) is 0. The minimum atomic E-state index is 0.750. The van der Waals surface area contributed by atoms with Crippen molar-refractivity contribution in [2.24, 2.45) is 0 Å². The molecule has 0 aromatic heterocycles. The standard InChI is InChI=1S/C12H18O/c1-4-6-11-9-10(3)7-8-12(11)13-5-2/h7-9H,4-6H2,1-3H3. The smallest absolute Gasteiger partial charge is 0.122 e. The molecule has 1 rings (SSSR count). The van der Waals surface area contributed by atoms with Gasteiger partial charge in [0.2, 0.25) is 0 Å². The minimum Gasteiger partial charge on any atom is -0.494 e. The van der Waals surface area contributed by atoms with Crippen LogP contribution in [0.4, 0.5) is 0 Å². The Labute approximate surface area is 80.7 Å². The highest BCUT2D eigenvalue weighted by Crippen LogP contribution is 2.21. The molecule has 72 valence electrons. The maximum Gasteiger partial charge on any atom is 0.122 e. The molecule has 0 spiro atoms. The van der Waals surface area contributed by atoms with E-state index in [9.17, 15) is 0 Å². The van der Waals surface area contributed by atoms with Gasteiger partial charge in [-0.2, -0.15) is 0 Å². The number of rotatable bonds is 4. The van der Waals surface area contributed by atoms with Crippen LogP contribution in [0.3, 0.4) is 0 Å². The van der Waals surface area contributed by atoms with Crippen LogP contribution in [0.15, 0.2) is 18.2 Å². The van der Waals surface area contributed by atoms with Gasteiger partial charge in [0.25, 0.3) is 0 Å². The van der Waals surface area contributed by atoms with Crippen molar-refractivity contribution in [3.05, 3.63) is 29.3 Å². The number of benzene rings is 1. The van der Waals surface area contributed by atoms with E-state index in [4.69, 9.17) is 4.74 Å². The van der Waals surface area contributed by atoms with Gasteiger partial charge in [0, 0.05) is 0 Å². The molecule has 0 saturated heterocycles. The molecule has 0 fully saturated rings. The minimum absolute atomic E-state index is 0.750. The molecule has 0 amide bonds. The van der Waals surface area contributed by atoms with E-state index in [1.807, 2.05) is 6.92 Å². The third kappa shape index (κ3) is 2.76. The Balaban J connectivity index is 2.89. The van der Waals surface area contributed by atoms with Crippen molar-refractivity contribution in [1.29, 1.82) is 0 Å². The molecule has 0 bridgehead atoms. The van der Waals surface area contributed by atoms with Crippen LogP contribution in [0.2, 0.25) is 0 Å². The summed E-state index contributed by atoms with van der Waals surface area (Å²) in [6.45, 7) is 7.09. The fourth-order valence-electron chi connectivity index (χ4n) is 1.47.